The number of hydrogen-bond acceptors (Lipinski definition) is 7. The number of anilines is 1. The molecule has 0 saturated carbocycles. The maximum absolute atomic E-state index is 13.3. The summed E-state index contributed by atoms with van der Waals surface area (Å²) in [6.07, 6.45) is 3.58. The average Bonchev–Trinajstić information content (AvgIpc) is 3.49. The number of fused-ring (bicyclic) bond motifs is 2. The molecule has 2 aromatic rings. The molecule has 1 aromatic heterocycles. The normalized spacial score (nSPS) is 21.8. The molecule has 11 heteroatoms. The second kappa shape index (κ2) is 14.2. The van der Waals surface area contributed by atoms with Crippen LogP contribution in [-0.4, -0.2) is 85.0 Å². The van der Waals surface area contributed by atoms with Gasteiger partial charge in [0.25, 0.3) is 11.8 Å². The zero-order valence-corrected chi connectivity index (χ0v) is 22.0. The third-order valence-corrected chi connectivity index (χ3v) is 6.70. The molecule has 0 aliphatic carbocycles. The molecule has 0 spiro atoms. The van der Waals surface area contributed by atoms with Crippen molar-refractivity contribution in [1.82, 2.24) is 25.8 Å². The van der Waals surface area contributed by atoms with Gasteiger partial charge in [-0.1, -0.05) is 30.3 Å². The number of rotatable bonds is 3. The molecule has 2 atom stereocenters. The van der Waals surface area contributed by atoms with Crippen molar-refractivity contribution in [2.75, 3.05) is 44.6 Å². The Labute approximate surface area is 228 Å². The summed E-state index contributed by atoms with van der Waals surface area (Å²) in [7, 11) is 0. The van der Waals surface area contributed by atoms with Gasteiger partial charge in [-0.2, -0.15) is 0 Å². The average molecular weight is 537 g/mol. The molecule has 2 aliphatic heterocycles. The fraction of sp³-hybridized carbons (Fsp3) is 0.464. The predicted octanol–water partition coefficient (Wildman–Crippen LogP) is 0.868. The van der Waals surface area contributed by atoms with E-state index in [1.54, 1.807) is 17.0 Å². The summed E-state index contributed by atoms with van der Waals surface area (Å²) in [6.45, 7) is 2.25. The smallest absolute Gasteiger partial charge is 0.270 e. The fourth-order valence-corrected chi connectivity index (χ4v) is 4.63. The van der Waals surface area contributed by atoms with Crippen LogP contribution in [0.15, 0.2) is 48.7 Å². The zero-order valence-electron chi connectivity index (χ0n) is 22.0. The molecule has 0 radical (unpaired) electrons. The van der Waals surface area contributed by atoms with Crippen LogP contribution in [-0.2, 0) is 25.5 Å². The van der Waals surface area contributed by atoms with Crippen LogP contribution in [0.4, 0.5) is 5.69 Å². The van der Waals surface area contributed by atoms with Gasteiger partial charge in [0.2, 0.25) is 11.8 Å². The summed E-state index contributed by atoms with van der Waals surface area (Å²) in [5, 5.41) is 11.7. The number of pyridine rings is 1. The van der Waals surface area contributed by atoms with E-state index in [4.69, 9.17) is 4.74 Å². The lowest BCUT2D eigenvalue weighted by molar-refractivity contribution is -0.141. The number of carbonyl (C=O) groups excluding carboxylic acids is 4. The molecular formula is C28H36N6O5. The molecule has 11 nitrogen and oxygen atoms in total. The van der Waals surface area contributed by atoms with Crippen molar-refractivity contribution in [3.05, 3.63) is 59.9 Å². The van der Waals surface area contributed by atoms with Gasteiger partial charge in [-0.15, -0.1) is 0 Å². The largest absolute Gasteiger partial charge is 0.383 e. The first-order valence-corrected chi connectivity index (χ1v) is 13.5. The number of hydrogen-bond donors (Lipinski definition) is 4. The monoisotopic (exact) mass is 536 g/mol. The first kappa shape index (κ1) is 28.0. The van der Waals surface area contributed by atoms with Crippen LogP contribution in [0.3, 0.4) is 0 Å². The maximum atomic E-state index is 13.3. The summed E-state index contributed by atoms with van der Waals surface area (Å²) >= 11 is 0. The summed E-state index contributed by atoms with van der Waals surface area (Å²) in [6, 6.07) is 11.9. The second-order valence-electron chi connectivity index (χ2n) is 9.64. The highest BCUT2D eigenvalue weighted by Gasteiger charge is 2.29. The van der Waals surface area contributed by atoms with Gasteiger partial charge in [0.15, 0.2) is 0 Å². The van der Waals surface area contributed by atoms with E-state index in [0.29, 0.717) is 51.2 Å². The van der Waals surface area contributed by atoms with Crippen LogP contribution in [0.1, 0.15) is 41.7 Å². The number of carbonyl (C=O) groups is 4. The topological polar surface area (TPSA) is 142 Å². The molecule has 1 saturated heterocycles. The zero-order chi connectivity index (χ0) is 27.5. The van der Waals surface area contributed by atoms with Crippen molar-refractivity contribution in [2.24, 2.45) is 0 Å². The second-order valence-corrected chi connectivity index (χ2v) is 9.64. The van der Waals surface area contributed by atoms with Gasteiger partial charge in [-0.3, -0.25) is 24.2 Å². The minimum atomic E-state index is -0.843. The third kappa shape index (κ3) is 8.51. The number of benzene rings is 1. The van der Waals surface area contributed by atoms with E-state index >= 15 is 0 Å². The quantitative estimate of drug-likeness (QED) is 0.456. The molecular weight excluding hydrogens is 500 g/mol. The van der Waals surface area contributed by atoms with Crippen molar-refractivity contribution in [3.8, 4) is 0 Å². The minimum Gasteiger partial charge on any atom is -0.383 e. The minimum absolute atomic E-state index is 0.105. The summed E-state index contributed by atoms with van der Waals surface area (Å²) < 4.78 is 5.58. The van der Waals surface area contributed by atoms with Gasteiger partial charge in [0, 0.05) is 64.1 Å². The van der Waals surface area contributed by atoms with E-state index in [9.17, 15) is 19.2 Å². The number of nitrogens with one attached hydrogen (secondary N) is 4. The highest BCUT2D eigenvalue weighted by molar-refractivity contribution is 5.96. The molecule has 2 aliphatic rings. The molecule has 2 bridgehead atoms. The molecule has 4 N–H and O–H groups in total. The van der Waals surface area contributed by atoms with Gasteiger partial charge in [-0.05, 0) is 37.0 Å². The Morgan fingerprint density at radius 3 is 2.59 bits per heavy atom. The Morgan fingerprint density at radius 2 is 1.79 bits per heavy atom. The SMILES string of the molecule is O=C1CCCN(C(=O)[C@@H]2CCCO2)CCNC(=O)[C@H](Cc2ccccc2)NC(=O)c2cc(ccn2)NCCN1. The summed E-state index contributed by atoms with van der Waals surface area (Å²) in [5.74, 6) is -1.07. The van der Waals surface area contributed by atoms with Crippen LogP contribution in [0.25, 0.3) is 0 Å². The lowest BCUT2D eigenvalue weighted by Crippen LogP contribution is -2.50. The van der Waals surface area contributed by atoms with Crippen molar-refractivity contribution in [1.29, 1.82) is 0 Å². The highest BCUT2D eigenvalue weighted by atomic mass is 16.5. The molecule has 0 unspecified atom stereocenters. The lowest BCUT2D eigenvalue weighted by atomic mass is 10.0. The molecule has 4 amide bonds. The van der Waals surface area contributed by atoms with Crippen LogP contribution in [0, 0.1) is 0 Å². The predicted molar refractivity (Wildman–Crippen MR) is 145 cm³/mol. The van der Waals surface area contributed by atoms with E-state index < -0.39 is 18.1 Å². The molecule has 39 heavy (non-hydrogen) atoms. The number of amides is 4. The van der Waals surface area contributed by atoms with Gasteiger partial charge >= 0.3 is 0 Å². The standard InChI is InChI=1S/C28H36N6O5/c35-25-9-4-15-34(28(38)24-8-5-17-39-24)16-14-32-26(36)23(18-20-6-2-1-3-7-20)33-27(37)22-19-21(10-11-30-22)29-12-13-31-25/h1-3,6-7,10-11,19,23-24,29H,4-5,8-9,12-18H2,(H,31,35)(H,32,36)(H,33,37)/t23-,24-/m0/s1. The van der Waals surface area contributed by atoms with Crippen molar-refractivity contribution in [2.45, 2.75) is 44.2 Å². The number of ether oxygens (including phenoxy) is 1. The van der Waals surface area contributed by atoms with Crippen molar-refractivity contribution in [3.63, 3.8) is 0 Å². The third-order valence-electron chi connectivity index (χ3n) is 6.70. The fourth-order valence-electron chi connectivity index (χ4n) is 4.63. The molecule has 208 valence electrons. The summed E-state index contributed by atoms with van der Waals surface area (Å²) in [5.41, 5.74) is 1.74. The van der Waals surface area contributed by atoms with Crippen molar-refractivity contribution < 1.29 is 23.9 Å². The molecule has 1 aromatic carbocycles. The highest BCUT2D eigenvalue weighted by Crippen LogP contribution is 2.15. The Hall–Kier alpha value is -3.99. The first-order chi connectivity index (χ1) is 19.0. The van der Waals surface area contributed by atoms with Crippen molar-refractivity contribution >= 4 is 29.3 Å². The Bertz CT molecular complexity index is 1140. The molecule has 1 fully saturated rings. The van der Waals surface area contributed by atoms with Crippen LogP contribution in [0.2, 0.25) is 0 Å². The maximum Gasteiger partial charge on any atom is 0.270 e. The Balaban J connectivity index is 1.50. The van der Waals surface area contributed by atoms with E-state index in [-0.39, 0.29) is 42.9 Å². The van der Waals surface area contributed by atoms with E-state index in [0.717, 1.165) is 12.0 Å². The van der Waals surface area contributed by atoms with Crippen LogP contribution in [0.5, 0.6) is 0 Å². The van der Waals surface area contributed by atoms with Gasteiger partial charge in [0.1, 0.15) is 17.8 Å². The van der Waals surface area contributed by atoms with Gasteiger partial charge < -0.3 is 30.9 Å². The number of aromatic nitrogens is 1. The van der Waals surface area contributed by atoms with Crippen LogP contribution < -0.4 is 21.3 Å². The molecule has 3 heterocycles. The van der Waals surface area contributed by atoms with Gasteiger partial charge in [-0.25, -0.2) is 0 Å². The first-order valence-electron chi connectivity index (χ1n) is 13.5. The Morgan fingerprint density at radius 1 is 0.974 bits per heavy atom. The summed E-state index contributed by atoms with van der Waals surface area (Å²) in [4.78, 5) is 57.6. The number of nitrogens with zero attached hydrogens (tertiary/aromatic N) is 2. The van der Waals surface area contributed by atoms with Crippen LogP contribution >= 0.6 is 0 Å². The lowest BCUT2D eigenvalue weighted by Gasteiger charge is -2.26. The van der Waals surface area contributed by atoms with E-state index in [2.05, 4.69) is 26.3 Å². The van der Waals surface area contributed by atoms with E-state index in [1.165, 1.54) is 6.20 Å². The Kier molecular flexibility index (Phi) is 10.2. The molecule has 4 rings (SSSR count). The van der Waals surface area contributed by atoms with Gasteiger partial charge in [0.05, 0.1) is 0 Å². The van der Waals surface area contributed by atoms with E-state index in [1.807, 2.05) is 30.3 Å².